The van der Waals surface area contributed by atoms with E-state index in [0.29, 0.717) is 24.3 Å². The quantitative estimate of drug-likeness (QED) is 0.748. The van der Waals surface area contributed by atoms with Crippen LogP contribution in [0.4, 0.5) is 0 Å². The molecule has 2 N–H and O–H groups in total. The molecule has 1 aromatic carbocycles. The Morgan fingerprint density at radius 1 is 1.12 bits per heavy atom. The Kier molecular flexibility index (Phi) is 6.43. The van der Waals surface area contributed by atoms with E-state index in [9.17, 15) is 0 Å². The van der Waals surface area contributed by atoms with Crippen molar-refractivity contribution in [3.05, 3.63) is 53.3 Å². The van der Waals surface area contributed by atoms with Gasteiger partial charge < -0.3 is 15.4 Å². The second-order valence-electron chi connectivity index (χ2n) is 8.87. The third-order valence-corrected chi connectivity index (χ3v) is 6.93. The third kappa shape index (κ3) is 4.98. The summed E-state index contributed by atoms with van der Waals surface area (Å²) in [6.07, 6.45) is 7.80. The lowest BCUT2D eigenvalue weighted by Crippen LogP contribution is -2.58. The summed E-state index contributed by atoms with van der Waals surface area (Å²) in [6.45, 7) is 4.40. The second-order valence-corrected chi connectivity index (χ2v) is 9.30. The van der Waals surface area contributed by atoms with Crippen LogP contribution in [0.25, 0.3) is 0 Å². The van der Waals surface area contributed by atoms with Crippen LogP contribution in [-0.2, 0) is 17.7 Å². The van der Waals surface area contributed by atoms with Crippen molar-refractivity contribution in [1.29, 1.82) is 0 Å². The van der Waals surface area contributed by atoms with E-state index in [1.165, 1.54) is 5.56 Å². The fraction of sp³-hybridized carbons (Fsp3) is 0.522. The van der Waals surface area contributed by atoms with Crippen LogP contribution >= 0.6 is 11.6 Å². The van der Waals surface area contributed by atoms with Crippen molar-refractivity contribution >= 4 is 23.3 Å². The summed E-state index contributed by atoms with van der Waals surface area (Å²) in [4.78, 5) is 5.03. The molecule has 8 nitrogen and oxygen atoms in total. The van der Waals surface area contributed by atoms with Crippen LogP contribution in [-0.4, -0.2) is 75.7 Å². The summed E-state index contributed by atoms with van der Waals surface area (Å²) in [7, 11) is 0. The zero-order valence-electron chi connectivity index (χ0n) is 18.2. The van der Waals surface area contributed by atoms with Crippen LogP contribution in [0, 0.1) is 0 Å². The van der Waals surface area contributed by atoms with Gasteiger partial charge >= 0.3 is 0 Å². The minimum Gasteiger partial charge on any atom is -0.385 e. The number of piperidine rings is 1. The molecule has 0 radical (unpaired) electrons. The summed E-state index contributed by atoms with van der Waals surface area (Å²) >= 11 is 6.09. The molecular weight excluding hydrogens is 426 g/mol. The largest absolute Gasteiger partial charge is 0.385 e. The Labute approximate surface area is 193 Å². The highest BCUT2D eigenvalue weighted by Gasteiger charge is 2.36. The molecule has 0 unspecified atom stereocenters. The van der Waals surface area contributed by atoms with Crippen LogP contribution in [0.3, 0.4) is 0 Å². The number of aromatic nitrogens is 2. The Hall–Kier alpha value is -2.42. The maximum absolute atomic E-state index is 6.31. The number of halogens is 1. The van der Waals surface area contributed by atoms with E-state index < -0.39 is 0 Å². The van der Waals surface area contributed by atoms with E-state index in [2.05, 4.69) is 37.2 Å². The van der Waals surface area contributed by atoms with Crippen molar-refractivity contribution in [2.75, 3.05) is 26.2 Å². The Bertz CT molecular complexity index is 951. The Balaban J connectivity index is 1.26. The first-order valence-corrected chi connectivity index (χ1v) is 11.7. The maximum atomic E-state index is 6.31. The highest BCUT2D eigenvalue weighted by molar-refractivity contribution is 6.30. The highest BCUT2D eigenvalue weighted by atomic mass is 35.5. The maximum Gasteiger partial charge on any atom is 0.135 e. The van der Waals surface area contributed by atoms with Crippen LogP contribution in [0.5, 0.6) is 0 Å². The molecule has 4 heterocycles. The van der Waals surface area contributed by atoms with E-state index in [1.807, 2.05) is 35.3 Å². The van der Waals surface area contributed by atoms with Crippen LogP contribution in [0.2, 0.25) is 5.02 Å². The number of nitrogens with two attached hydrogens (primary N) is 1. The topological polar surface area (TPSA) is 84.3 Å². The number of rotatable bonds is 5. The minimum atomic E-state index is 0.141. The predicted octanol–water partition coefficient (Wildman–Crippen LogP) is 2.39. The summed E-state index contributed by atoms with van der Waals surface area (Å²) in [5.74, 6) is 1.62. The average Bonchev–Trinajstić information content (AvgIpc) is 3.48. The fourth-order valence-corrected chi connectivity index (χ4v) is 5.13. The van der Waals surface area contributed by atoms with Gasteiger partial charge in [-0.05, 0) is 43.0 Å². The Morgan fingerprint density at radius 2 is 1.94 bits per heavy atom. The Morgan fingerprint density at radius 3 is 2.62 bits per heavy atom. The van der Waals surface area contributed by atoms with Gasteiger partial charge in [-0.1, -0.05) is 23.7 Å². The smallest absolute Gasteiger partial charge is 0.135 e. The molecule has 9 heteroatoms. The fourth-order valence-electron chi connectivity index (χ4n) is 5.01. The van der Waals surface area contributed by atoms with Crippen molar-refractivity contribution in [3.8, 4) is 0 Å². The minimum absolute atomic E-state index is 0.141. The zero-order valence-corrected chi connectivity index (χ0v) is 18.9. The summed E-state index contributed by atoms with van der Waals surface area (Å²) in [5.41, 5.74) is 7.11. The molecule has 3 aliphatic rings. The normalized spacial score (nSPS) is 25.1. The zero-order chi connectivity index (χ0) is 21.9. The van der Waals surface area contributed by atoms with Gasteiger partial charge in [0.1, 0.15) is 11.7 Å². The average molecular weight is 456 g/mol. The van der Waals surface area contributed by atoms with Crippen LogP contribution < -0.4 is 5.73 Å². The van der Waals surface area contributed by atoms with Gasteiger partial charge in [-0.25, -0.2) is 0 Å². The molecule has 0 spiro atoms. The third-order valence-electron chi connectivity index (χ3n) is 6.67. The van der Waals surface area contributed by atoms with Crippen molar-refractivity contribution < 1.29 is 4.74 Å². The standard InChI is InChI=1S/C23H30ClN7O/c24-18-4-2-17(3-5-18)12-20-16-32-21(14-30-9-1-8-26-30)15-31(20)19-6-10-29(11-7-19)23-13-22(25)27-28-23/h1-5,8-9,19-21H,6-7,10-16H2,(H2,25,27)/t20-,21-/m0/s1. The van der Waals surface area contributed by atoms with Gasteiger partial charge in [-0.2, -0.15) is 5.10 Å². The van der Waals surface area contributed by atoms with E-state index in [1.54, 1.807) is 0 Å². The number of ether oxygens (including phenoxy) is 1. The molecule has 5 rings (SSSR count). The number of nitrogens with zero attached hydrogens (tertiary/aromatic N) is 6. The lowest BCUT2D eigenvalue weighted by atomic mass is 9.96. The van der Waals surface area contributed by atoms with Crippen molar-refractivity contribution in [3.63, 3.8) is 0 Å². The van der Waals surface area contributed by atoms with Gasteiger partial charge in [-0.15, -0.1) is 10.2 Å². The molecule has 2 atom stereocenters. The molecule has 3 aliphatic heterocycles. The highest BCUT2D eigenvalue weighted by Crippen LogP contribution is 2.26. The molecule has 0 bridgehead atoms. The number of morpholine rings is 1. The first-order valence-electron chi connectivity index (χ1n) is 11.4. The molecule has 2 aromatic rings. The predicted molar refractivity (Wildman–Crippen MR) is 126 cm³/mol. The van der Waals surface area contributed by atoms with Gasteiger partial charge in [0, 0.05) is 49.1 Å². The summed E-state index contributed by atoms with van der Waals surface area (Å²) in [6, 6.07) is 11.0. The number of benzene rings is 1. The van der Waals surface area contributed by atoms with E-state index in [4.69, 9.17) is 22.1 Å². The van der Waals surface area contributed by atoms with E-state index in [-0.39, 0.29) is 6.10 Å². The number of likely N-dealkylation sites (tertiary alicyclic amines) is 1. The molecule has 2 saturated heterocycles. The van der Waals surface area contributed by atoms with Gasteiger partial charge in [0.2, 0.25) is 0 Å². The molecular formula is C23H30ClN7O. The summed E-state index contributed by atoms with van der Waals surface area (Å²) in [5, 5.41) is 13.4. The van der Waals surface area contributed by atoms with Crippen molar-refractivity contribution in [1.82, 2.24) is 19.6 Å². The van der Waals surface area contributed by atoms with Gasteiger partial charge in [-0.3, -0.25) is 9.58 Å². The van der Waals surface area contributed by atoms with Crippen molar-refractivity contribution in [2.24, 2.45) is 15.9 Å². The number of hydrogen-bond acceptors (Lipinski definition) is 7. The van der Waals surface area contributed by atoms with E-state index in [0.717, 1.165) is 62.9 Å². The van der Waals surface area contributed by atoms with Gasteiger partial charge in [0.25, 0.3) is 0 Å². The van der Waals surface area contributed by atoms with Crippen LogP contribution in [0.15, 0.2) is 52.9 Å². The molecule has 0 amide bonds. The second kappa shape index (κ2) is 9.60. The number of amidine groups is 2. The molecule has 1 aromatic heterocycles. The first-order chi connectivity index (χ1) is 15.6. The SMILES string of the molecule is NC1=NN=C(N2CCC(N3C[C@H](Cn4cccn4)OC[C@@H]3Cc3ccc(Cl)cc3)CC2)C1. The van der Waals surface area contributed by atoms with Crippen molar-refractivity contribution in [2.45, 2.75) is 50.4 Å². The van der Waals surface area contributed by atoms with Gasteiger partial charge in [0.15, 0.2) is 0 Å². The van der Waals surface area contributed by atoms with Gasteiger partial charge in [0.05, 0.1) is 25.7 Å². The molecule has 0 saturated carbocycles. The van der Waals surface area contributed by atoms with E-state index >= 15 is 0 Å². The lowest BCUT2D eigenvalue weighted by molar-refractivity contribution is -0.0910. The molecule has 2 fully saturated rings. The first kappa shape index (κ1) is 21.4. The monoisotopic (exact) mass is 455 g/mol. The number of hydrogen-bond donors (Lipinski definition) is 1. The molecule has 0 aliphatic carbocycles. The summed E-state index contributed by atoms with van der Waals surface area (Å²) < 4.78 is 8.27. The molecule has 32 heavy (non-hydrogen) atoms. The molecule has 170 valence electrons. The lowest BCUT2D eigenvalue weighted by Gasteiger charge is -2.47. The van der Waals surface area contributed by atoms with Crippen LogP contribution in [0.1, 0.15) is 24.8 Å².